The third kappa shape index (κ3) is 5.07. The van der Waals surface area contributed by atoms with Crippen LogP contribution in [0.15, 0.2) is 0 Å². The van der Waals surface area contributed by atoms with Gasteiger partial charge in [0, 0.05) is 0 Å². The highest BCUT2D eigenvalue weighted by Gasteiger charge is 2.17. The maximum Gasteiger partial charge on any atom is 0.109 e. The van der Waals surface area contributed by atoms with E-state index in [1.54, 1.807) is 0 Å². The third-order valence-corrected chi connectivity index (χ3v) is 3.85. The normalized spacial score (nSPS) is 37.4. The van der Waals surface area contributed by atoms with Crippen molar-refractivity contribution in [2.45, 2.75) is 76.9 Å². The Labute approximate surface area is 91.3 Å². The fraction of sp³-hybridized carbons (Fsp3) is 1.00. The van der Waals surface area contributed by atoms with Crippen LogP contribution in [0, 0.1) is 5.92 Å². The molecule has 0 N–H and O–H groups in total. The second-order valence-electron chi connectivity index (χ2n) is 6.11. The molecular formula is C13H27B. The Bertz CT molecular complexity index is 151. The molecule has 1 heteroatoms. The van der Waals surface area contributed by atoms with Crippen LogP contribution in [0.1, 0.15) is 71.6 Å². The summed E-state index contributed by atoms with van der Waals surface area (Å²) in [7, 11) is 2.45. The lowest BCUT2D eigenvalue weighted by atomic mass is 9.64. The van der Waals surface area contributed by atoms with Crippen LogP contribution in [0.25, 0.3) is 0 Å². The van der Waals surface area contributed by atoms with Gasteiger partial charge in [0.25, 0.3) is 0 Å². The maximum absolute atomic E-state index is 2.45. The lowest BCUT2D eigenvalue weighted by molar-refractivity contribution is 0.443. The number of hydrogen-bond donors (Lipinski definition) is 0. The highest BCUT2D eigenvalue weighted by atomic mass is 14.2. The predicted molar refractivity (Wildman–Crippen MR) is 67.6 cm³/mol. The molecule has 1 rings (SSSR count). The third-order valence-electron chi connectivity index (χ3n) is 3.85. The van der Waals surface area contributed by atoms with Crippen LogP contribution in [-0.4, -0.2) is 7.85 Å². The minimum Gasteiger partial charge on any atom is -0.0669 e. The van der Waals surface area contributed by atoms with E-state index < -0.39 is 0 Å². The minimum absolute atomic E-state index is 0.619. The second kappa shape index (κ2) is 5.83. The van der Waals surface area contributed by atoms with Gasteiger partial charge in [0.15, 0.2) is 0 Å². The molecule has 2 atom stereocenters. The molecular weight excluding hydrogens is 167 g/mol. The molecule has 0 bridgehead atoms. The van der Waals surface area contributed by atoms with E-state index in [0.717, 1.165) is 5.92 Å². The minimum atomic E-state index is 0.619. The first-order valence-electron chi connectivity index (χ1n) is 6.60. The molecule has 14 heavy (non-hydrogen) atoms. The van der Waals surface area contributed by atoms with E-state index in [4.69, 9.17) is 0 Å². The van der Waals surface area contributed by atoms with Crippen LogP contribution >= 0.6 is 0 Å². The Hall–Kier alpha value is 0.0649. The van der Waals surface area contributed by atoms with E-state index in [-0.39, 0.29) is 0 Å². The zero-order valence-corrected chi connectivity index (χ0v) is 10.4. The van der Waals surface area contributed by atoms with Gasteiger partial charge in [0.2, 0.25) is 0 Å². The van der Waals surface area contributed by atoms with Gasteiger partial charge in [-0.15, -0.1) is 0 Å². The van der Waals surface area contributed by atoms with Crippen molar-refractivity contribution in [1.29, 1.82) is 0 Å². The largest absolute Gasteiger partial charge is 0.109 e. The van der Waals surface area contributed by atoms with Gasteiger partial charge in [-0.25, -0.2) is 0 Å². The average molecular weight is 194 g/mol. The van der Waals surface area contributed by atoms with Gasteiger partial charge in [0.05, 0.1) is 0 Å². The van der Waals surface area contributed by atoms with E-state index in [0.29, 0.717) is 5.31 Å². The molecule has 0 aromatic carbocycles. The second-order valence-corrected chi connectivity index (χ2v) is 6.11. The van der Waals surface area contributed by atoms with Crippen molar-refractivity contribution in [2.24, 2.45) is 5.92 Å². The Morgan fingerprint density at radius 3 is 2.07 bits per heavy atom. The summed E-state index contributed by atoms with van der Waals surface area (Å²) >= 11 is 0. The van der Waals surface area contributed by atoms with Crippen molar-refractivity contribution in [2.75, 3.05) is 0 Å². The summed E-state index contributed by atoms with van der Waals surface area (Å²) < 4.78 is 0. The SMILES string of the molecule is BC1(C)CCCCCC(C)CCCC1. The van der Waals surface area contributed by atoms with Crippen LogP contribution in [0.2, 0.25) is 5.31 Å². The summed E-state index contributed by atoms with van der Waals surface area (Å²) in [5.74, 6) is 0.983. The smallest absolute Gasteiger partial charge is 0.0669 e. The van der Waals surface area contributed by atoms with E-state index in [1.807, 2.05) is 0 Å². The van der Waals surface area contributed by atoms with Crippen molar-refractivity contribution in [1.82, 2.24) is 0 Å². The zero-order valence-electron chi connectivity index (χ0n) is 10.4. The molecule has 1 aliphatic rings. The molecule has 0 aromatic heterocycles. The van der Waals surface area contributed by atoms with Crippen LogP contribution in [-0.2, 0) is 0 Å². The van der Waals surface area contributed by atoms with Crippen molar-refractivity contribution in [3.63, 3.8) is 0 Å². The molecule has 1 fully saturated rings. The molecule has 0 aromatic rings. The summed E-state index contributed by atoms with van der Waals surface area (Å²) in [4.78, 5) is 0. The van der Waals surface area contributed by atoms with Crippen molar-refractivity contribution in [3.8, 4) is 0 Å². The molecule has 2 unspecified atom stereocenters. The van der Waals surface area contributed by atoms with Crippen molar-refractivity contribution < 1.29 is 0 Å². The fourth-order valence-corrected chi connectivity index (χ4v) is 2.64. The topological polar surface area (TPSA) is 0 Å². The van der Waals surface area contributed by atoms with Gasteiger partial charge in [-0.1, -0.05) is 76.9 Å². The van der Waals surface area contributed by atoms with E-state index in [9.17, 15) is 0 Å². The highest BCUT2D eigenvalue weighted by molar-refractivity contribution is 6.14. The van der Waals surface area contributed by atoms with E-state index in [1.165, 1.54) is 57.8 Å². The lowest BCUT2D eigenvalue weighted by Crippen LogP contribution is -2.07. The Morgan fingerprint density at radius 2 is 1.43 bits per heavy atom. The molecule has 0 radical (unpaired) electrons. The van der Waals surface area contributed by atoms with E-state index in [2.05, 4.69) is 21.7 Å². The maximum atomic E-state index is 2.45. The van der Waals surface area contributed by atoms with Crippen molar-refractivity contribution in [3.05, 3.63) is 0 Å². The molecule has 82 valence electrons. The fourth-order valence-electron chi connectivity index (χ4n) is 2.64. The van der Waals surface area contributed by atoms with Gasteiger partial charge in [0.1, 0.15) is 7.85 Å². The molecule has 1 saturated carbocycles. The number of rotatable bonds is 0. The van der Waals surface area contributed by atoms with E-state index >= 15 is 0 Å². The van der Waals surface area contributed by atoms with Crippen LogP contribution < -0.4 is 0 Å². The van der Waals surface area contributed by atoms with Crippen LogP contribution in [0.3, 0.4) is 0 Å². The molecule has 0 aliphatic heterocycles. The van der Waals surface area contributed by atoms with Gasteiger partial charge in [-0.3, -0.25) is 0 Å². The van der Waals surface area contributed by atoms with Gasteiger partial charge < -0.3 is 0 Å². The van der Waals surface area contributed by atoms with Gasteiger partial charge in [-0.05, 0) is 5.92 Å². The zero-order chi connectivity index (χ0) is 10.4. The Balaban J connectivity index is 2.34. The van der Waals surface area contributed by atoms with Crippen LogP contribution in [0.4, 0.5) is 0 Å². The number of hydrogen-bond acceptors (Lipinski definition) is 0. The summed E-state index contributed by atoms with van der Waals surface area (Å²) in [6.07, 6.45) is 13.1. The Kier molecular flexibility index (Phi) is 5.05. The first-order valence-corrected chi connectivity index (χ1v) is 6.60. The lowest BCUT2D eigenvalue weighted by Gasteiger charge is -2.24. The molecule has 1 aliphatic carbocycles. The monoisotopic (exact) mass is 194 g/mol. The summed E-state index contributed by atoms with van der Waals surface area (Å²) in [6, 6.07) is 0. The summed E-state index contributed by atoms with van der Waals surface area (Å²) in [6.45, 7) is 4.89. The molecule has 0 saturated heterocycles. The highest BCUT2D eigenvalue weighted by Crippen LogP contribution is 2.35. The summed E-state index contributed by atoms with van der Waals surface area (Å²) in [5.41, 5.74) is 0. The average Bonchev–Trinajstić information content (AvgIpc) is 2.13. The quantitative estimate of drug-likeness (QED) is 0.512. The van der Waals surface area contributed by atoms with Gasteiger partial charge >= 0.3 is 0 Å². The van der Waals surface area contributed by atoms with Gasteiger partial charge in [-0.2, -0.15) is 0 Å². The first-order chi connectivity index (χ1) is 6.60. The van der Waals surface area contributed by atoms with Crippen molar-refractivity contribution >= 4 is 7.85 Å². The molecule has 0 amide bonds. The molecule has 0 nitrogen and oxygen atoms in total. The standard InChI is InChI=1S/C13H27B/c1-12-8-4-3-6-10-13(2,14)11-7-5-9-12/h12H,3-11,14H2,1-2H3. The molecule has 0 heterocycles. The molecule has 0 spiro atoms. The summed E-state index contributed by atoms with van der Waals surface area (Å²) in [5, 5.41) is 0.619. The Morgan fingerprint density at radius 1 is 0.929 bits per heavy atom. The predicted octanol–water partition coefficient (Wildman–Crippen LogP) is 3.96. The van der Waals surface area contributed by atoms with Crippen LogP contribution in [0.5, 0.6) is 0 Å². The first kappa shape index (κ1) is 12.1.